The number of nitrogens with zero attached hydrogens (tertiary/aromatic N) is 5. The van der Waals surface area contributed by atoms with Crippen molar-refractivity contribution in [1.29, 1.82) is 0 Å². The van der Waals surface area contributed by atoms with E-state index in [2.05, 4.69) is 14.9 Å². The number of nitrogen functional groups attached to an aromatic ring is 1. The number of hydrogen-bond donors (Lipinski definition) is 1. The smallest absolute Gasteiger partial charge is 0.193 e. The normalized spacial score (nSPS) is 18.7. The number of nitrogens with two attached hydrogens (primary N) is 1. The van der Waals surface area contributed by atoms with Crippen LogP contribution in [-0.2, 0) is 4.74 Å². The second-order valence-electron chi connectivity index (χ2n) is 8.71. The van der Waals surface area contributed by atoms with Gasteiger partial charge in [0.15, 0.2) is 17.7 Å². The molecule has 2 aliphatic heterocycles. The minimum absolute atomic E-state index is 0.00268. The lowest BCUT2D eigenvalue weighted by atomic mass is 10.00. The van der Waals surface area contributed by atoms with E-state index in [-0.39, 0.29) is 28.6 Å². The van der Waals surface area contributed by atoms with Gasteiger partial charge in [-0.1, -0.05) is 18.2 Å². The molecule has 0 bridgehead atoms. The summed E-state index contributed by atoms with van der Waals surface area (Å²) in [7, 11) is 0. The van der Waals surface area contributed by atoms with Gasteiger partial charge < -0.3 is 10.5 Å². The number of ether oxygens (including phenoxy) is 1. The van der Waals surface area contributed by atoms with Crippen LogP contribution >= 0.6 is 0 Å². The molecule has 4 aromatic rings. The summed E-state index contributed by atoms with van der Waals surface area (Å²) in [5, 5.41) is 5.21. The predicted octanol–water partition coefficient (Wildman–Crippen LogP) is 3.74. The summed E-state index contributed by atoms with van der Waals surface area (Å²) in [6, 6.07) is 9.43. The maximum absolute atomic E-state index is 15.4. The number of carbonyl (C=O) groups excluding carboxylic acids is 1. The van der Waals surface area contributed by atoms with Crippen molar-refractivity contribution in [3.8, 4) is 11.3 Å². The van der Waals surface area contributed by atoms with Crippen molar-refractivity contribution >= 4 is 22.6 Å². The quantitative estimate of drug-likeness (QED) is 0.347. The van der Waals surface area contributed by atoms with Crippen molar-refractivity contribution in [2.75, 3.05) is 25.4 Å². The van der Waals surface area contributed by atoms with E-state index in [1.165, 1.54) is 36.7 Å². The van der Waals surface area contributed by atoms with Gasteiger partial charge >= 0.3 is 0 Å². The van der Waals surface area contributed by atoms with Gasteiger partial charge in [-0.3, -0.25) is 9.69 Å². The SMILES string of the molecule is Nc1ncnc2c1c(-c1ccc(C(=O)c3cccc(F)c3)cc1F)nn2C1CCCN([C]2CO2)C1. The minimum atomic E-state index is -0.644. The summed E-state index contributed by atoms with van der Waals surface area (Å²) in [4.78, 5) is 23.5. The fourth-order valence-corrected chi connectivity index (χ4v) is 4.68. The molecule has 2 aliphatic rings. The van der Waals surface area contributed by atoms with Gasteiger partial charge in [-0.25, -0.2) is 23.4 Å². The number of hydrogen-bond acceptors (Lipinski definition) is 7. The van der Waals surface area contributed by atoms with E-state index in [0.29, 0.717) is 29.9 Å². The molecule has 8 nitrogen and oxygen atoms in total. The van der Waals surface area contributed by atoms with Gasteiger partial charge in [-0.2, -0.15) is 5.10 Å². The summed E-state index contributed by atoms with van der Waals surface area (Å²) in [5.41, 5.74) is 7.46. The largest absolute Gasteiger partial charge is 0.383 e. The molecule has 2 N–H and O–H groups in total. The second kappa shape index (κ2) is 8.47. The van der Waals surface area contributed by atoms with Crippen molar-refractivity contribution in [2.24, 2.45) is 0 Å². The number of piperidine rings is 1. The lowest BCUT2D eigenvalue weighted by Gasteiger charge is -2.31. The first-order chi connectivity index (χ1) is 17.0. The highest BCUT2D eigenvalue weighted by atomic mass is 19.1. The first-order valence-corrected chi connectivity index (χ1v) is 11.3. The summed E-state index contributed by atoms with van der Waals surface area (Å²) in [6.45, 7) is 2.28. The summed E-state index contributed by atoms with van der Waals surface area (Å²) >= 11 is 0. The molecule has 0 amide bonds. The fourth-order valence-electron chi connectivity index (χ4n) is 4.68. The van der Waals surface area contributed by atoms with Crippen LogP contribution in [-0.4, -0.2) is 50.1 Å². The third-order valence-corrected chi connectivity index (χ3v) is 6.46. The number of epoxide rings is 1. The van der Waals surface area contributed by atoms with Crippen molar-refractivity contribution in [3.05, 3.63) is 77.8 Å². The molecule has 0 saturated carbocycles. The number of aromatic nitrogens is 4. The summed E-state index contributed by atoms with van der Waals surface area (Å²) in [5.74, 6) is -1.46. The Morgan fingerprint density at radius 2 is 1.94 bits per heavy atom. The molecule has 35 heavy (non-hydrogen) atoms. The molecular formula is C25H21F2N6O2. The zero-order chi connectivity index (χ0) is 24.1. The molecule has 0 spiro atoms. The Hall–Kier alpha value is -3.76. The summed E-state index contributed by atoms with van der Waals surface area (Å²) in [6.07, 6.45) is 4.19. The molecule has 1 radical (unpaired) electrons. The highest BCUT2D eigenvalue weighted by Gasteiger charge is 2.37. The van der Waals surface area contributed by atoms with Crippen LogP contribution in [0, 0.1) is 17.9 Å². The molecule has 2 aromatic heterocycles. The molecule has 10 heteroatoms. The Balaban J connectivity index is 1.40. The molecule has 2 fully saturated rings. The zero-order valence-electron chi connectivity index (χ0n) is 18.6. The van der Waals surface area contributed by atoms with E-state index in [0.717, 1.165) is 37.7 Å². The molecule has 1 unspecified atom stereocenters. The number of benzene rings is 2. The Kier molecular flexibility index (Phi) is 5.27. The van der Waals surface area contributed by atoms with Crippen LogP contribution in [0.25, 0.3) is 22.3 Å². The first kappa shape index (κ1) is 21.8. The summed E-state index contributed by atoms with van der Waals surface area (Å²) < 4.78 is 36.1. The van der Waals surface area contributed by atoms with Gasteiger partial charge in [-0.15, -0.1) is 0 Å². The van der Waals surface area contributed by atoms with Crippen LogP contribution in [0.1, 0.15) is 34.8 Å². The number of carbonyl (C=O) groups is 1. The number of anilines is 1. The third-order valence-electron chi connectivity index (χ3n) is 6.46. The van der Waals surface area contributed by atoms with E-state index in [9.17, 15) is 9.18 Å². The monoisotopic (exact) mass is 475 g/mol. The number of likely N-dealkylation sites (tertiary alicyclic amines) is 1. The van der Waals surface area contributed by atoms with Crippen LogP contribution in [0.4, 0.5) is 14.6 Å². The van der Waals surface area contributed by atoms with Gasteiger partial charge in [-0.05, 0) is 37.1 Å². The molecule has 4 heterocycles. The Morgan fingerprint density at radius 1 is 1.11 bits per heavy atom. The zero-order valence-corrected chi connectivity index (χ0v) is 18.6. The van der Waals surface area contributed by atoms with Gasteiger partial charge in [0.25, 0.3) is 0 Å². The molecule has 6 rings (SSSR count). The van der Waals surface area contributed by atoms with Crippen molar-refractivity contribution < 1.29 is 18.3 Å². The third kappa shape index (κ3) is 3.94. The van der Waals surface area contributed by atoms with Crippen LogP contribution in [0.5, 0.6) is 0 Å². The molecule has 2 saturated heterocycles. The van der Waals surface area contributed by atoms with Gasteiger partial charge in [0, 0.05) is 29.8 Å². The highest BCUT2D eigenvalue weighted by Crippen LogP contribution is 2.37. The fraction of sp³-hybridized carbons (Fsp3) is 0.240. The predicted molar refractivity (Wildman–Crippen MR) is 124 cm³/mol. The van der Waals surface area contributed by atoms with E-state index >= 15 is 4.39 Å². The molecule has 177 valence electrons. The van der Waals surface area contributed by atoms with Gasteiger partial charge in [0.05, 0.1) is 18.0 Å². The average molecular weight is 475 g/mol. The maximum Gasteiger partial charge on any atom is 0.193 e. The Labute approximate surface area is 199 Å². The number of fused-ring (bicyclic) bond motifs is 1. The molecule has 0 aliphatic carbocycles. The van der Waals surface area contributed by atoms with Gasteiger partial charge in [0.2, 0.25) is 0 Å². The first-order valence-electron chi connectivity index (χ1n) is 11.3. The lowest BCUT2D eigenvalue weighted by molar-refractivity contribution is 0.103. The Bertz CT molecular complexity index is 1450. The van der Waals surface area contributed by atoms with Crippen LogP contribution in [0.15, 0.2) is 48.8 Å². The molecule has 1 atom stereocenters. The van der Waals surface area contributed by atoms with Crippen LogP contribution in [0.3, 0.4) is 0 Å². The van der Waals surface area contributed by atoms with E-state index in [1.54, 1.807) is 4.68 Å². The second-order valence-corrected chi connectivity index (χ2v) is 8.71. The molecular weight excluding hydrogens is 454 g/mol. The van der Waals surface area contributed by atoms with Crippen molar-refractivity contribution in [3.63, 3.8) is 0 Å². The van der Waals surface area contributed by atoms with Crippen molar-refractivity contribution in [1.82, 2.24) is 24.6 Å². The van der Waals surface area contributed by atoms with Gasteiger partial charge in [0.1, 0.15) is 29.5 Å². The van der Waals surface area contributed by atoms with Crippen LogP contribution in [0.2, 0.25) is 0 Å². The maximum atomic E-state index is 15.4. The standard InChI is InChI=1S/C25H21F2N6O2/c26-16-4-1-3-14(9-16)23(34)15-6-7-18(19(27)10-15)22-21-24(28)29-13-30-25(21)33(31-22)17-5-2-8-32(11-17)20-12-35-20/h1,3-4,6-7,9-10,13,17H,2,5,8,11-12H2,(H2,28,29,30). The van der Waals surface area contributed by atoms with E-state index in [1.807, 2.05) is 0 Å². The van der Waals surface area contributed by atoms with Crippen molar-refractivity contribution in [2.45, 2.75) is 18.9 Å². The molecule has 2 aromatic carbocycles. The highest BCUT2D eigenvalue weighted by molar-refractivity contribution is 6.09. The Morgan fingerprint density at radius 3 is 2.71 bits per heavy atom. The van der Waals surface area contributed by atoms with E-state index in [4.69, 9.17) is 15.6 Å². The minimum Gasteiger partial charge on any atom is -0.383 e. The topological polar surface area (TPSA) is 102 Å². The van der Waals surface area contributed by atoms with E-state index < -0.39 is 17.4 Å². The number of ketones is 1. The average Bonchev–Trinajstić information content (AvgIpc) is 3.64. The number of rotatable bonds is 5. The van der Waals surface area contributed by atoms with Crippen LogP contribution < -0.4 is 5.73 Å². The number of halogens is 2. The lowest BCUT2D eigenvalue weighted by Crippen LogP contribution is -2.36.